The molecule has 1 aromatic carbocycles. The summed E-state index contributed by atoms with van der Waals surface area (Å²) in [6, 6.07) is 4.51. The minimum Gasteiger partial charge on any atom is -0.322 e. The highest BCUT2D eigenvalue weighted by molar-refractivity contribution is 9.10. The van der Waals surface area contributed by atoms with Crippen molar-refractivity contribution < 1.29 is 31.1 Å². The van der Waals surface area contributed by atoms with Crippen molar-refractivity contribution in [3.63, 3.8) is 0 Å². The topological polar surface area (TPSA) is 92.7 Å². The van der Waals surface area contributed by atoms with E-state index in [1.54, 1.807) is 0 Å². The Bertz CT molecular complexity index is 1150. The first kappa shape index (κ1) is 21.5. The molecule has 0 radical (unpaired) electrons. The predicted molar refractivity (Wildman–Crippen MR) is 94.1 cm³/mol. The minimum atomic E-state index is -5.07. The van der Waals surface area contributed by atoms with Gasteiger partial charge in [-0.3, -0.25) is 9.59 Å². The van der Waals surface area contributed by atoms with Gasteiger partial charge in [0.2, 0.25) is 0 Å². The highest BCUT2D eigenvalue weighted by atomic mass is 79.9. The molecule has 0 bridgehead atoms. The third-order valence-corrected chi connectivity index (χ3v) is 4.38. The van der Waals surface area contributed by atoms with Crippen LogP contribution in [-0.2, 0) is 12.4 Å². The molecule has 7 nitrogen and oxygen atoms in total. The molecule has 30 heavy (non-hydrogen) atoms. The van der Waals surface area contributed by atoms with Crippen LogP contribution >= 0.6 is 15.9 Å². The van der Waals surface area contributed by atoms with E-state index < -0.39 is 46.5 Å². The molecule has 158 valence electrons. The van der Waals surface area contributed by atoms with E-state index in [9.17, 15) is 35.9 Å². The van der Waals surface area contributed by atoms with Crippen molar-refractivity contribution in [1.29, 1.82) is 0 Å². The Balaban J connectivity index is 2.01. The van der Waals surface area contributed by atoms with Crippen molar-refractivity contribution in [2.45, 2.75) is 12.4 Å². The second kappa shape index (κ2) is 7.59. The van der Waals surface area contributed by atoms with Gasteiger partial charge in [0.25, 0.3) is 11.5 Å². The molecule has 3 aromatic rings. The van der Waals surface area contributed by atoms with Gasteiger partial charge in [0.15, 0.2) is 11.5 Å². The molecule has 0 aliphatic carbocycles. The van der Waals surface area contributed by atoms with Crippen LogP contribution in [0.25, 0.3) is 5.82 Å². The van der Waals surface area contributed by atoms with Gasteiger partial charge in [-0.15, -0.1) is 0 Å². The van der Waals surface area contributed by atoms with Crippen LogP contribution < -0.4 is 10.9 Å². The van der Waals surface area contributed by atoms with E-state index in [4.69, 9.17) is 0 Å². The maximum Gasteiger partial charge on any atom is 0.434 e. The van der Waals surface area contributed by atoms with E-state index in [1.165, 1.54) is 0 Å². The lowest BCUT2D eigenvalue weighted by molar-refractivity contribution is -0.143. The second-order valence-electron chi connectivity index (χ2n) is 5.74. The molecular formula is C16H8BrF6N5O2. The molecule has 0 aliphatic rings. The van der Waals surface area contributed by atoms with E-state index in [0.717, 1.165) is 24.3 Å². The van der Waals surface area contributed by atoms with Crippen LogP contribution in [0.2, 0.25) is 0 Å². The van der Waals surface area contributed by atoms with E-state index in [0.29, 0.717) is 12.3 Å². The highest BCUT2D eigenvalue weighted by Gasteiger charge is 2.41. The summed E-state index contributed by atoms with van der Waals surface area (Å²) in [4.78, 5) is 23.4. The first-order chi connectivity index (χ1) is 13.9. The molecule has 0 saturated heterocycles. The van der Waals surface area contributed by atoms with Gasteiger partial charge in [-0.1, -0.05) is 15.9 Å². The number of halogens is 7. The lowest BCUT2D eigenvalue weighted by atomic mass is 10.1. The maximum atomic E-state index is 13.6. The zero-order valence-corrected chi connectivity index (χ0v) is 15.9. The van der Waals surface area contributed by atoms with Crippen LogP contribution in [-0.4, -0.2) is 25.9 Å². The Morgan fingerprint density at radius 2 is 1.77 bits per heavy atom. The van der Waals surface area contributed by atoms with Gasteiger partial charge >= 0.3 is 12.4 Å². The second-order valence-corrected chi connectivity index (χ2v) is 6.60. The number of hydrogen-bond acceptors (Lipinski definition) is 4. The molecular weight excluding hydrogens is 488 g/mol. The zero-order valence-electron chi connectivity index (χ0n) is 14.3. The molecule has 2 N–H and O–H groups in total. The molecule has 2 heterocycles. The number of aromatic nitrogens is 4. The van der Waals surface area contributed by atoms with Crippen LogP contribution in [0.3, 0.4) is 0 Å². The van der Waals surface area contributed by atoms with Crippen LogP contribution in [0.15, 0.2) is 45.8 Å². The molecule has 3 rings (SSSR count). The Morgan fingerprint density at radius 1 is 1.07 bits per heavy atom. The van der Waals surface area contributed by atoms with Gasteiger partial charge in [0.1, 0.15) is 0 Å². The zero-order chi connectivity index (χ0) is 22.3. The van der Waals surface area contributed by atoms with E-state index >= 15 is 0 Å². The number of anilines is 1. The lowest BCUT2D eigenvalue weighted by Gasteiger charge is -2.13. The quantitative estimate of drug-likeness (QED) is 0.537. The first-order valence-corrected chi connectivity index (χ1v) is 8.56. The number of H-pyrrole nitrogens is 1. The molecule has 2 aromatic heterocycles. The largest absolute Gasteiger partial charge is 0.434 e. The third kappa shape index (κ3) is 4.37. The fourth-order valence-corrected chi connectivity index (χ4v) is 2.91. The van der Waals surface area contributed by atoms with Crippen molar-refractivity contribution in [1.82, 2.24) is 20.0 Å². The van der Waals surface area contributed by atoms with Crippen molar-refractivity contribution in [2.75, 3.05) is 5.32 Å². The third-order valence-electron chi connectivity index (χ3n) is 3.69. The van der Waals surface area contributed by atoms with Crippen molar-refractivity contribution in [3.8, 4) is 5.82 Å². The molecule has 0 fully saturated rings. The van der Waals surface area contributed by atoms with Crippen LogP contribution in [0.1, 0.15) is 21.6 Å². The summed E-state index contributed by atoms with van der Waals surface area (Å²) in [6.45, 7) is 0. The molecule has 0 saturated carbocycles. The molecule has 14 heteroatoms. The van der Waals surface area contributed by atoms with Gasteiger partial charge in [-0.05, 0) is 24.3 Å². The van der Waals surface area contributed by atoms with E-state index in [2.05, 4.69) is 26.1 Å². The van der Waals surface area contributed by atoms with Gasteiger partial charge in [0, 0.05) is 16.2 Å². The molecule has 1 amide bonds. The first-order valence-electron chi connectivity index (χ1n) is 7.77. The Hall–Kier alpha value is -3.16. The summed E-state index contributed by atoms with van der Waals surface area (Å²) < 4.78 is 79.7. The van der Waals surface area contributed by atoms with Crippen molar-refractivity contribution in [3.05, 3.63) is 68.2 Å². The molecule has 0 spiro atoms. The van der Waals surface area contributed by atoms with Crippen molar-refractivity contribution >= 4 is 27.5 Å². The Kier molecular flexibility index (Phi) is 5.45. The Labute approximate surface area is 170 Å². The van der Waals surface area contributed by atoms with Gasteiger partial charge in [-0.2, -0.15) is 36.5 Å². The van der Waals surface area contributed by atoms with E-state index in [1.807, 2.05) is 10.4 Å². The molecule has 0 aliphatic heterocycles. The summed E-state index contributed by atoms with van der Waals surface area (Å²) in [5.74, 6) is -1.77. The van der Waals surface area contributed by atoms with Gasteiger partial charge in [-0.25, -0.2) is 9.78 Å². The summed E-state index contributed by atoms with van der Waals surface area (Å²) in [6.07, 6.45) is -9.23. The molecule has 0 atom stereocenters. The number of rotatable bonds is 3. The summed E-state index contributed by atoms with van der Waals surface area (Å²) >= 11 is 2.72. The number of benzene rings is 1. The lowest BCUT2D eigenvalue weighted by Crippen LogP contribution is -2.22. The van der Waals surface area contributed by atoms with Crippen LogP contribution in [0.4, 0.5) is 32.0 Å². The number of nitrogens with one attached hydrogen (secondary N) is 2. The van der Waals surface area contributed by atoms with Crippen LogP contribution in [0.5, 0.6) is 0 Å². The smallest absolute Gasteiger partial charge is 0.322 e. The highest BCUT2D eigenvalue weighted by Crippen LogP contribution is 2.37. The normalized spacial score (nSPS) is 12.1. The number of alkyl halides is 6. The number of hydrogen-bond donors (Lipinski definition) is 2. The minimum absolute atomic E-state index is 0.285. The number of carbonyl (C=O) groups excluding carboxylic acids is 1. The van der Waals surface area contributed by atoms with Crippen LogP contribution in [0, 0.1) is 0 Å². The fourth-order valence-electron chi connectivity index (χ4n) is 2.43. The fraction of sp³-hybridized carbons (Fsp3) is 0.125. The van der Waals surface area contributed by atoms with E-state index in [-0.39, 0.29) is 14.8 Å². The van der Waals surface area contributed by atoms with Gasteiger partial charge < -0.3 is 5.32 Å². The summed E-state index contributed by atoms with van der Waals surface area (Å²) in [5, 5.41) is 10.8. The SMILES string of the molecule is O=C(Nc1ccc(Br)c(C(F)(F)F)c1)c1cnn(-c2ccc(=O)[nH]n2)c1C(F)(F)F. The monoisotopic (exact) mass is 495 g/mol. The summed E-state index contributed by atoms with van der Waals surface area (Å²) in [5.41, 5.74) is -4.64. The number of aromatic amines is 1. The number of nitrogens with zero attached hydrogens (tertiary/aromatic N) is 3. The Morgan fingerprint density at radius 3 is 2.33 bits per heavy atom. The number of amides is 1. The molecule has 0 unspecified atom stereocenters. The average Bonchev–Trinajstić information content (AvgIpc) is 3.08. The standard InChI is InChI=1S/C16H8BrF6N5O2/c17-10-2-1-7(5-9(10)15(18,19)20)25-14(30)8-6-24-28(13(8)16(21,22)23)11-3-4-12(29)27-26-11/h1-6H,(H,25,30)(H,27,29). The average molecular weight is 496 g/mol. The van der Waals surface area contributed by atoms with Gasteiger partial charge in [0.05, 0.1) is 17.3 Å². The summed E-state index contributed by atoms with van der Waals surface area (Å²) in [7, 11) is 0. The number of carbonyl (C=O) groups is 1. The van der Waals surface area contributed by atoms with Crippen molar-refractivity contribution in [2.24, 2.45) is 0 Å². The predicted octanol–water partition coefficient (Wildman–Crippen LogP) is 4.01. The maximum absolute atomic E-state index is 13.6.